The summed E-state index contributed by atoms with van der Waals surface area (Å²) in [7, 11) is 1.98. The molecule has 0 atom stereocenters. The number of halogens is 1. The van der Waals surface area contributed by atoms with E-state index in [-0.39, 0.29) is 11.4 Å². The van der Waals surface area contributed by atoms with Gasteiger partial charge in [-0.05, 0) is 66.9 Å². The van der Waals surface area contributed by atoms with Crippen LogP contribution in [0.3, 0.4) is 0 Å². The Morgan fingerprint density at radius 3 is 2.48 bits per heavy atom. The van der Waals surface area contributed by atoms with Gasteiger partial charge in [-0.15, -0.1) is 0 Å². The van der Waals surface area contributed by atoms with Crippen molar-refractivity contribution < 1.29 is 4.79 Å². The maximum Gasteiger partial charge on any atom is 0.226 e. The lowest BCUT2D eigenvalue weighted by atomic mass is 9.79. The van der Waals surface area contributed by atoms with E-state index in [1.807, 2.05) is 20.0 Å². The molecule has 0 saturated heterocycles. The van der Waals surface area contributed by atoms with E-state index < -0.39 is 0 Å². The predicted octanol–water partition coefficient (Wildman–Crippen LogP) is 4.32. The SMILES string of the molecule is CNC1(CC(=O)Nc2c(C)cc(C)cc2Br)CCCCC1. The average Bonchev–Trinajstić information content (AvgIpc) is 2.44. The van der Waals surface area contributed by atoms with E-state index in [0.29, 0.717) is 6.42 Å². The zero-order chi connectivity index (χ0) is 15.5. The summed E-state index contributed by atoms with van der Waals surface area (Å²) in [5, 5.41) is 6.49. The molecule has 1 saturated carbocycles. The third-order valence-corrected chi connectivity index (χ3v) is 5.16. The van der Waals surface area contributed by atoms with Crippen LogP contribution in [0, 0.1) is 13.8 Å². The molecule has 0 heterocycles. The van der Waals surface area contributed by atoms with Crippen molar-refractivity contribution >= 4 is 27.5 Å². The highest BCUT2D eigenvalue weighted by molar-refractivity contribution is 9.10. The second kappa shape index (κ2) is 6.93. The first-order valence-corrected chi connectivity index (χ1v) is 8.51. The first kappa shape index (κ1) is 16.5. The Balaban J connectivity index is 2.08. The molecule has 1 aromatic rings. The van der Waals surface area contributed by atoms with Crippen LogP contribution in [0.2, 0.25) is 0 Å². The molecule has 0 radical (unpaired) electrons. The number of hydrogen-bond donors (Lipinski definition) is 2. The van der Waals surface area contributed by atoms with Gasteiger partial charge in [0, 0.05) is 16.4 Å². The summed E-state index contributed by atoms with van der Waals surface area (Å²) in [6.45, 7) is 4.09. The van der Waals surface area contributed by atoms with Gasteiger partial charge in [-0.25, -0.2) is 0 Å². The lowest BCUT2D eigenvalue weighted by Crippen LogP contribution is -2.47. The van der Waals surface area contributed by atoms with Crippen molar-refractivity contribution in [3.63, 3.8) is 0 Å². The Hall–Kier alpha value is -0.870. The fraction of sp³-hybridized carbons (Fsp3) is 0.588. The molecule has 1 aromatic carbocycles. The summed E-state index contributed by atoms with van der Waals surface area (Å²) < 4.78 is 0.954. The van der Waals surface area contributed by atoms with Gasteiger partial charge in [0.05, 0.1) is 5.69 Å². The summed E-state index contributed by atoms with van der Waals surface area (Å²) in [5.41, 5.74) is 3.16. The van der Waals surface area contributed by atoms with Crippen molar-refractivity contribution in [3.8, 4) is 0 Å². The van der Waals surface area contributed by atoms with E-state index in [9.17, 15) is 4.79 Å². The molecule has 0 aromatic heterocycles. The van der Waals surface area contributed by atoms with Crippen molar-refractivity contribution in [3.05, 3.63) is 27.7 Å². The zero-order valence-corrected chi connectivity index (χ0v) is 14.8. The van der Waals surface area contributed by atoms with Crippen LogP contribution in [-0.4, -0.2) is 18.5 Å². The Morgan fingerprint density at radius 2 is 1.90 bits per heavy atom. The van der Waals surface area contributed by atoms with Gasteiger partial charge in [-0.2, -0.15) is 0 Å². The van der Waals surface area contributed by atoms with Crippen molar-refractivity contribution in [1.29, 1.82) is 0 Å². The second-order valence-corrected chi connectivity index (χ2v) is 7.11. The third kappa shape index (κ3) is 4.07. The molecule has 2 N–H and O–H groups in total. The molecule has 1 amide bonds. The van der Waals surface area contributed by atoms with Gasteiger partial charge in [0.1, 0.15) is 0 Å². The minimum absolute atomic E-state index is 0.0204. The van der Waals surface area contributed by atoms with Crippen molar-refractivity contribution in [2.75, 3.05) is 12.4 Å². The van der Waals surface area contributed by atoms with Crippen LogP contribution >= 0.6 is 15.9 Å². The van der Waals surface area contributed by atoms with Crippen LogP contribution in [-0.2, 0) is 4.79 Å². The van der Waals surface area contributed by atoms with E-state index in [2.05, 4.69) is 39.6 Å². The van der Waals surface area contributed by atoms with Crippen molar-refractivity contribution in [1.82, 2.24) is 5.32 Å². The lowest BCUT2D eigenvalue weighted by Gasteiger charge is -2.36. The monoisotopic (exact) mass is 352 g/mol. The van der Waals surface area contributed by atoms with E-state index >= 15 is 0 Å². The van der Waals surface area contributed by atoms with Gasteiger partial charge in [0.2, 0.25) is 5.91 Å². The number of benzene rings is 1. The topological polar surface area (TPSA) is 41.1 Å². The first-order valence-electron chi connectivity index (χ1n) is 7.71. The maximum absolute atomic E-state index is 12.5. The Kier molecular flexibility index (Phi) is 5.44. The lowest BCUT2D eigenvalue weighted by molar-refractivity contribution is -0.117. The Labute approximate surface area is 136 Å². The average molecular weight is 353 g/mol. The molecule has 4 heteroatoms. The van der Waals surface area contributed by atoms with E-state index in [0.717, 1.165) is 28.6 Å². The molecular formula is C17H25BrN2O. The number of carbonyl (C=O) groups is 1. The molecule has 0 unspecified atom stereocenters. The molecule has 1 fully saturated rings. The van der Waals surface area contributed by atoms with Gasteiger partial charge in [0.25, 0.3) is 0 Å². The fourth-order valence-electron chi connectivity index (χ4n) is 3.31. The fourth-order valence-corrected chi connectivity index (χ4v) is 4.08. The van der Waals surface area contributed by atoms with Gasteiger partial charge >= 0.3 is 0 Å². The zero-order valence-electron chi connectivity index (χ0n) is 13.2. The molecule has 0 aliphatic heterocycles. The molecule has 0 spiro atoms. The van der Waals surface area contributed by atoms with Crippen LogP contribution in [0.25, 0.3) is 0 Å². The third-order valence-electron chi connectivity index (χ3n) is 4.54. The smallest absolute Gasteiger partial charge is 0.226 e. The van der Waals surface area contributed by atoms with E-state index in [1.54, 1.807) is 0 Å². The summed E-state index contributed by atoms with van der Waals surface area (Å²) in [6.07, 6.45) is 6.43. The van der Waals surface area contributed by atoms with E-state index in [4.69, 9.17) is 0 Å². The summed E-state index contributed by atoms with van der Waals surface area (Å²) >= 11 is 3.55. The number of nitrogens with one attached hydrogen (secondary N) is 2. The minimum Gasteiger partial charge on any atom is -0.325 e. The Morgan fingerprint density at radius 1 is 1.24 bits per heavy atom. The van der Waals surface area contributed by atoms with Crippen LogP contribution in [0.5, 0.6) is 0 Å². The molecule has 2 rings (SSSR count). The van der Waals surface area contributed by atoms with Crippen LogP contribution in [0.1, 0.15) is 49.7 Å². The van der Waals surface area contributed by atoms with Gasteiger partial charge in [0.15, 0.2) is 0 Å². The normalized spacial score (nSPS) is 17.5. The molecule has 116 valence electrons. The van der Waals surface area contributed by atoms with Crippen molar-refractivity contribution in [2.45, 2.75) is 57.9 Å². The molecule has 1 aliphatic rings. The second-order valence-electron chi connectivity index (χ2n) is 6.25. The highest BCUT2D eigenvalue weighted by Crippen LogP contribution is 2.32. The number of rotatable bonds is 4. The van der Waals surface area contributed by atoms with Crippen LogP contribution < -0.4 is 10.6 Å². The van der Waals surface area contributed by atoms with Crippen LogP contribution in [0.4, 0.5) is 5.69 Å². The minimum atomic E-state index is -0.0204. The first-order chi connectivity index (χ1) is 9.96. The number of anilines is 1. The van der Waals surface area contributed by atoms with Gasteiger partial charge in [-0.1, -0.05) is 25.3 Å². The van der Waals surface area contributed by atoms with Gasteiger partial charge in [-0.3, -0.25) is 4.79 Å². The quantitative estimate of drug-likeness (QED) is 0.847. The number of carbonyl (C=O) groups excluding carboxylic acids is 1. The number of hydrogen-bond acceptors (Lipinski definition) is 2. The number of aryl methyl sites for hydroxylation is 2. The number of amides is 1. The molecule has 21 heavy (non-hydrogen) atoms. The van der Waals surface area contributed by atoms with Crippen LogP contribution in [0.15, 0.2) is 16.6 Å². The highest BCUT2D eigenvalue weighted by atomic mass is 79.9. The maximum atomic E-state index is 12.5. The van der Waals surface area contributed by atoms with E-state index in [1.165, 1.54) is 24.8 Å². The highest BCUT2D eigenvalue weighted by Gasteiger charge is 2.32. The standard InChI is InChI=1S/C17H25BrN2O/c1-12-9-13(2)16(14(18)10-12)20-15(21)11-17(19-3)7-5-4-6-8-17/h9-10,19H,4-8,11H2,1-3H3,(H,20,21). The molecule has 3 nitrogen and oxygen atoms in total. The molecular weight excluding hydrogens is 328 g/mol. The summed E-state index contributed by atoms with van der Waals surface area (Å²) in [4.78, 5) is 12.5. The molecule has 1 aliphatic carbocycles. The van der Waals surface area contributed by atoms with Crippen molar-refractivity contribution in [2.24, 2.45) is 0 Å². The van der Waals surface area contributed by atoms with Gasteiger partial charge < -0.3 is 10.6 Å². The largest absolute Gasteiger partial charge is 0.325 e. The summed E-state index contributed by atoms with van der Waals surface area (Å²) in [6, 6.07) is 4.13. The predicted molar refractivity (Wildman–Crippen MR) is 91.7 cm³/mol. The molecule has 0 bridgehead atoms. The Bertz CT molecular complexity index is 499. The summed E-state index contributed by atoms with van der Waals surface area (Å²) in [5.74, 6) is 0.0962.